The van der Waals surface area contributed by atoms with Crippen LogP contribution >= 0.6 is 0 Å². The number of methoxy groups -OCH3 is 1. The summed E-state index contributed by atoms with van der Waals surface area (Å²) < 4.78 is 10.4. The first-order valence-electron chi connectivity index (χ1n) is 6.12. The van der Waals surface area contributed by atoms with Crippen molar-refractivity contribution in [2.45, 2.75) is 33.1 Å². The van der Waals surface area contributed by atoms with Gasteiger partial charge < -0.3 is 14.8 Å². The van der Waals surface area contributed by atoms with Crippen LogP contribution < -0.4 is 5.32 Å². The zero-order valence-electron chi connectivity index (χ0n) is 10.6. The molecule has 0 spiro atoms. The SMILES string of the molecule is CCCC(CCOCCOC)CNCC. The summed E-state index contributed by atoms with van der Waals surface area (Å²) in [5.74, 6) is 0.762. The molecule has 0 radical (unpaired) electrons. The van der Waals surface area contributed by atoms with Crippen LogP contribution in [0.5, 0.6) is 0 Å². The molecule has 0 amide bonds. The maximum absolute atomic E-state index is 5.48. The van der Waals surface area contributed by atoms with Gasteiger partial charge in [-0.3, -0.25) is 0 Å². The highest BCUT2D eigenvalue weighted by Gasteiger charge is 2.06. The zero-order chi connectivity index (χ0) is 11.4. The van der Waals surface area contributed by atoms with E-state index in [-0.39, 0.29) is 0 Å². The van der Waals surface area contributed by atoms with Crippen molar-refractivity contribution in [3.8, 4) is 0 Å². The Morgan fingerprint density at radius 3 is 2.47 bits per heavy atom. The Morgan fingerprint density at radius 1 is 1.07 bits per heavy atom. The fourth-order valence-electron chi connectivity index (χ4n) is 1.60. The Bertz CT molecular complexity index is 120. The van der Waals surface area contributed by atoms with E-state index in [0.717, 1.165) is 38.6 Å². The molecule has 0 aromatic carbocycles. The molecule has 0 aliphatic rings. The molecule has 3 nitrogen and oxygen atoms in total. The molecule has 1 atom stereocenters. The molecule has 3 heteroatoms. The average molecular weight is 217 g/mol. The molecule has 0 aliphatic heterocycles. The molecular weight excluding hydrogens is 190 g/mol. The maximum atomic E-state index is 5.48. The van der Waals surface area contributed by atoms with E-state index in [4.69, 9.17) is 9.47 Å². The van der Waals surface area contributed by atoms with Gasteiger partial charge in [0.1, 0.15) is 0 Å². The lowest BCUT2D eigenvalue weighted by molar-refractivity contribution is 0.0631. The van der Waals surface area contributed by atoms with E-state index in [0.29, 0.717) is 6.61 Å². The minimum absolute atomic E-state index is 0.700. The van der Waals surface area contributed by atoms with Crippen molar-refractivity contribution in [2.24, 2.45) is 5.92 Å². The number of rotatable bonds is 11. The van der Waals surface area contributed by atoms with E-state index in [1.807, 2.05) is 0 Å². The predicted octanol–water partition coefficient (Wildman–Crippen LogP) is 2.07. The van der Waals surface area contributed by atoms with Gasteiger partial charge in [-0.15, -0.1) is 0 Å². The molecule has 0 aromatic rings. The normalized spacial score (nSPS) is 13.0. The van der Waals surface area contributed by atoms with Crippen molar-refractivity contribution in [1.29, 1.82) is 0 Å². The lowest BCUT2D eigenvalue weighted by atomic mass is 10.0. The van der Waals surface area contributed by atoms with Crippen molar-refractivity contribution in [2.75, 3.05) is 40.0 Å². The third-order valence-corrected chi connectivity index (χ3v) is 2.48. The molecule has 0 fully saturated rings. The lowest BCUT2D eigenvalue weighted by Gasteiger charge is -2.16. The molecule has 0 saturated carbocycles. The molecule has 0 aromatic heterocycles. The van der Waals surface area contributed by atoms with Gasteiger partial charge >= 0.3 is 0 Å². The van der Waals surface area contributed by atoms with E-state index in [1.54, 1.807) is 7.11 Å². The van der Waals surface area contributed by atoms with Crippen molar-refractivity contribution >= 4 is 0 Å². The molecule has 0 bridgehead atoms. The van der Waals surface area contributed by atoms with E-state index < -0.39 is 0 Å². The Labute approximate surface area is 94.5 Å². The fraction of sp³-hybridized carbons (Fsp3) is 1.00. The highest BCUT2D eigenvalue weighted by atomic mass is 16.5. The second-order valence-electron chi connectivity index (χ2n) is 3.86. The summed E-state index contributed by atoms with van der Waals surface area (Å²) in [4.78, 5) is 0. The van der Waals surface area contributed by atoms with Crippen LogP contribution in [0.3, 0.4) is 0 Å². The molecule has 0 rings (SSSR count). The van der Waals surface area contributed by atoms with Crippen LogP contribution in [0.4, 0.5) is 0 Å². The van der Waals surface area contributed by atoms with Crippen LogP contribution in [0.1, 0.15) is 33.1 Å². The zero-order valence-corrected chi connectivity index (χ0v) is 10.6. The van der Waals surface area contributed by atoms with Gasteiger partial charge in [-0.05, 0) is 31.8 Å². The van der Waals surface area contributed by atoms with Crippen molar-refractivity contribution < 1.29 is 9.47 Å². The van der Waals surface area contributed by atoms with Gasteiger partial charge in [0.25, 0.3) is 0 Å². The molecule has 1 unspecified atom stereocenters. The predicted molar refractivity (Wildman–Crippen MR) is 64.3 cm³/mol. The summed E-state index contributed by atoms with van der Waals surface area (Å²) in [6, 6.07) is 0. The van der Waals surface area contributed by atoms with Gasteiger partial charge in [-0.2, -0.15) is 0 Å². The van der Waals surface area contributed by atoms with Crippen molar-refractivity contribution in [3.63, 3.8) is 0 Å². The van der Waals surface area contributed by atoms with Gasteiger partial charge in [0.2, 0.25) is 0 Å². The topological polar surface area (TPSA) is 30.5 Å². The number of nitrogens with one attached hydrogen (secondary N) is 1. The largest absolute Gasteiger partial charge is 0.382 e. The van der Waals surface area contributed by atoms with Crippen LogP contribution in [-0.4, -0.2) is 40.0 Å². The molecule has 0 saturated heterocycles. The van der Waals surface area contributed by atoms with Crippen LogP contribution in [0.25, 0.3) is 0 Å². The van der Waals surface area contributed by atoms with Crippen LogP contribution in [-0.2, 0) is 9.47 Å². The van der Waals surface area contributed by atoms with Crippen molar-refractivity contribution in [1.82, 2.24) is 5.32 Å². The first-order valence-corrected chi connectivity index (χ1v) is 6.12. The van der Waals surface area contributed by atoms with Gasteiger partial charge in [0.15, 0.2) is 0 Å². The van der Waals surface area contributed by atoms with Crippen LogP contribution in [0.15, 0.2) is 0 Å². The average Bonchev–Trinajstić information content (AvgIpc) is 2.25. The Hall–Kier alpha value is -0.120. The smallest absolute Gasteiger partial charge is 0.0700 e. The summed E-state index contributed by atoms with van der Waals surface area (Å²) in [5.41, 5.74) is 0. The number of hydrogen-bond donors (Lipinski definition) is 1. The summed E-state index contributed by atoms with van der Waals surface area (Å²) in [5, 5.41) is 3.40. The highest BCUT2D eigenvalue weighted by Crippen LogP contribution is 2.10. The molecule has 92 valence electrons. The molecule has 0 aliphatic carbocycles. The quantitative estimate of drug-likeness (QED) is 0.537. The first-order chi connectivity index (χ1) is 7.35. The molecule has 15 heavy (non-hydrogen) atoms. The number of hydrogen-bond acceptors (Lipinski definition) is 3. The maximum Gasteiger partial charge on any atom is 0.0700 e. The molecule has 1 N–H and O–H groups in total. The third kappa shape index (κ3) is 10.2. The van der Waals surface area contributed by atoms with E-state index in [1.165, 1.54) is 12.8 Å². The van der Waals surface area contributed by atoms with E-state index in [9.17, 15) is 0 Å². The lowest BCUT2D eigenvalue weighted by Crippen LogP contribution is -2.23. The standard InChI is InChI=1S/C12H27NO2/c1-4-6-12(11-13-5-2)7-8-15-10-9-14-3/h12-13H,4-11H2,1-3H3. The monoisotopic (exact) mass is 217 g/mol. The first kappa shape index (κ1) is 14.9. The van der Waals surface area contributed by atoms with Gasteiger partial charge in [0, 0.05) is 13.7 Å². The number of ether oxygens (including phenoxy) is 2. The van der Waals surface area contributed by atoms with Crippen LogP contribution in [0.2, 0.25) is 0 Å². The van der Waals surface area contributed by atoms with Crippen molar-refractivity contribution in [3.05, 3.63) is 0 Å². The highest BCUT2D eigenvalue weighted by molar-refractivity contribution is 4.61. The second kappa shape index (κ2) is 12.0. The summed E-state index contributed by atoms with van der Waals surface area (Å²) in [6.45, 7) is 8.85. The summed E-state index contributed by atoms with van der Waals surface area (Å²) >= 11 is 0. The second-order valence-corrected chi connectivity index (χ2v) is 3.86. The molecule has 0 heterocycles. The minimum Gasteiger partial charge on any atom is -0.382 e. The summed E-state index contributed by atoms with van der Waals surface area (Å²) in [7, 11) is 1.70. The third-order valence-electron chi connectivity index (χ3n) is 2.48. The van der Waals surface area contributed by atoms with Gasteiger partial charge in [0.05, 0.1) is 13.2 Å². The Kier molecular flexibility index (Phi) is 11.9. The van der Waals surface area contributed by atoms with Crippen LogP contribution in [0, 0.1) is 5.92 Å². The van der Waals surface area contributed by atoms with Gasteiger partial charge in [-0.25, -0.2) is 0 Å². The fourth-order valence-corrected chi connectivity index (χ4v) is 1.60. The minimum atomic E-state index is 0.700. The van der Waals surface area contributed by atoms with E-state index in [2.05, 4.69) is 19.2 Å². The Balaban J connectivity index is 3.38. The summed E-state index contributed by atoms with van der Waals surface area (Å²) in [6.07, 6.45) is 3.71. The van der Waals surface area contributed by atoms with E-state index >= 15 is 0 Å². The van der Waals surface area contributed by atoms with Gasteiger partial charge in [-0.1, -0.05) is 20.3 Å². The Morgan fingerprint density at radius 2 is 1.87 bits per heavy atom. The molecular formula is C12H27NO2.